The lowest BCUT2D eigenvalue weighted by molar-refractivity contribution is -0.124. The van der Waals surface area contributed by atoms with Crippen molar-refractivity contribution in [3.8, 4) is 17.2 Å². The largest absolute Gasteiger partial charge is 0.493 e. The number of nitrogens with zero attached hydrogens (tertiary/aromatic N) is 1. The molecule has 1 saturated heterocycles. The zero-order valence-corrected chi connectivity index (χ0v) is 20.6. The molecule has 1 heterocycles. The van der Waals surface area contributed by atoms with Crippen LogP contribution in [0.1, 0.15) is 45.6 Å². The molecule has 2 atom stereocenters. The second-order valence-electron chi connectivity index (χ2n) is 8.65. The van der Waals surface area contributed by atoms with E-state index in [0.717, 1.165) is 12.0 Å². The quantitative estimate of drug-likeness (QED) is 0.559. The predicted octanol–water partition coefficient (Wildman–Crippen LogP) is 3.17. The van der Waals surface area contributed by atoms with Gasteiger partial charge in [0, 0.05) is 31.6 Å². The molecule has 0 saturated carbocycles. The van der Waals surface area contributed by atoms with Crippen LogP contribution in [-0.4, -0.2) is 62.9 Å². The van der Waals surface area contributed by atoms with Gasteiger partial charge in [-0.3, -0.25) is 4.79 Å². The van der Waals surface area contributed by atoms with Gasteiger partial charge in [0.15, 0.2) is 16.6 Å². The molecule has 1 aliphatic heterocycles. The minimum atomic E-state index is -0.234. The Kier molecular flexibility index (Phi) is 9.22. The lowest BCUT2D eigenvalue weighted by Gasteiger charge is -2.22. The first-order valence-corrected chi connectivity index (χ1v) is 11.3. The van der Waals surface area contributed by atoms with E-state index in [1.54, 1.807) is 21.3 Å². The number of ether oxygens (including phenoxy) is 3. The van der Waals surface area contributed by atoms with Crippen LogP contribution in [-0.2, 0) is 4.79 Å². The molecule has 0 spiro atoms. The monoisotopic (exact) mass is 451 g/mol. The number of hydrogen-bond acceptors (Lipinski definition) is 5. The highest BCUT2D eigenvalue weighted by atomic mass is 32.1. The predicted molar refractivity (Wildman–Crippen MR) is 127 cm³/mol. The minimum absolute atomic E-state index is 0.0502. The van der Waals surface area contributed by atoms with Gasteiger partial charge in [-0.15, -0.1) is 0 Å². The third kappa shape index (κ3) is 6.38. The Balaban J connectivity index is 2.35. The Morgan fingerprint density at radius 3 is 2.19 bits per heavy atom. The van der Waals surface area contributed by atoms with Crippen molar-refractivity contribution in [2.45, 2.75) is 46.1 Å². The smallest absolute Gasteiger partial charge is 0.225 e. The summed E-state index contributed by atoms with van der Waals surface area (Å²) in [6.45, 7) is 10.3. The normalized spacial score (nSPS) is 18.3. The lowest BCUT2D eigenvalue weighted by Crippen LogP contribution is -2.42. The molecule has 1 fully saturated rings. The Morgan fingerprint density at radius 2 is 1.71 bits per heavy atom. The van der Waals surface area contributed by atoms with Crippen molar-refractivity contribution in [2.24, 2.45) is 11.8 Å². The fourth-order valence-corrected chi connectivity index (χ4v) is 4.23. The van der Waals surface area contributed by atoms with E-state index in [0.29, 0.717) is 47.9 Å². The average Bonchev–Trinajstić information content (AvgIpc) is 3.17. The van der Waals surface area contributed by atoms with E-state index in [9.17, 15) is 4.79 Å². The van der Waals surface area contributed by atoms with Crippen LogP contribution in [0, 0.1) is 11.8 Å². The van der Waals surface area contributed by atoms with E-state index in [2.05, 4.69) is 43.2 Å². The molecule has 1 aromatic carbocycles. The van der Waals surface area contributed by atoms with Gasteiger partial charge in [-0.2, -0.15) is 0 Å². The molecule has 1 aromatic rings. The molecule has 174 valence electrons. The molecule has 0 bridgehead atoms. The van der Waals surface area contributed by atoms with Crippen molar-refractivity contribution < 1.29 is 19.0 Å². The van der Waals surface area contributed by atoms with Crippen molar-refractivity contribution in [3.05, 3.63) is 17.7 Å². The number of amides is 1. The number of likely N-dealkylation sites (tertiary alicyclic amines) is 1. The Labute approximate surface area is 191 Å². The molecule has 31 heavy (non-hydrogen) atoms. The number of hydrogen-bond donors (Lipinski definition) is 2. The van der Waals surface area contributed by atoms with Crippen LogP contribution in [0.4, 0.5) is 0 Å². The summed E-state index contributed by atoms with van der Waals surface area (Å²) in [5.41, 5.74) is 0.966. The fraction of sp³-hybridized carbons (Fsp3) is 0.652. The number of thiocarbonyl (C=S) groups is 1. The van der Waals surface area contributed by atoms with E-state index in [4.69, 9.17) is 26.4 Å². The zero-order valence-electron chi connectivity index (χ0n) is 19.8. The lowest BCUT2D eigenvalue weighted by atomic mass is 9.87. The number of carbonyl (C=O) groups excluding carboxylic acids is 1. The van der Waals surface area contributed by atoms with Gasteiger partial charge in [-0.05, 0) is 56.1 Å². The third-order valence-electron chi connectivity index (χ3n) is 5.49. The van der Waals surface area contributed by atoms with Crippen molar-refractivity contribution in [3.63, 3.8) is 0 Å². The molecule has 2 N–H and O–H groups in total. The first-order chi connectivity index (χ1) is 14.7. The summed E-state index contributed by atoms with van der Waals surface area (Å²) >= 11 is 5.60. The number of benzene rings is 1. The maximum atomic E-state index is 13.1. The van der Waals surface area contributed by atoms with Gasteiger partial charge in [0.2, 0.25) is 11.7 Å². The SMILES string of the molecule is COc1cc([C@@H]2CN(C(=S)NC(C)C)C[C@@H]2C(=O)NCCC(C)C)cc(OC)c1OC. The highest BCUT2D eigenvalue weighted by Gasteiger charge is 2.40. The van der Waals surface area contributed by atoms with Gasteiger partial charge < -0.3 is 29.7 Å². The van der Waals surface area contributed by atoms with Crippen LogP contribution in [0.2, 0.25) is 0 Å². The van der Waals surface area contributed by atoms with Gasteiger partial charge in [0.25, 0.3) is 0 Å². The van der Waals surface area contributed by atoms with E-state index < -0.39 is 0 Å². The van der Waals surface area contributed by atoms with E-state index in [1.165, 1.54) is 0 Å². The van der Waals surface area contributed by atoms with Gasteiger partial charge in [0.1, 0.15) is 0 Å². The Hall–Kier alpha value is -2.22. The zero-order chi connectivity index (χ0) is 23.1. The highest BCUT2D eigenvalue weighted by molar-refractivity contribution is 7.80. The van der Waals surface area contributed by atoms with E-state index >= 15 is 0 Å². The van der Waals surface area contributed by atoms with Gasteiger partial charge >= 0.3 is 0 Å². The molecule has 1 amide bonds. The second kappa shape index (κ2) is 11.4. The molecule has 0 aromatic heterocycles. The summed E-state index contributed by atoms with van der Waals surface area (Å²) in [5, 5.41) is 7.08. The molecular formula is C23H37N3O4S. The van der Waals surface area contributed by atoms with Crippen LogP contribution in [0.3, 0.4) is 0 Å². The molecule has 1 aliphatic rings. The maximum absolute atomic E-state index is 13.1. The Bertz CT molecular complexity index is 744. The fourth-order valence-electron chi connectivity index (χ4n) is 3.84. The molecule has 0 radical (unpaired) electrons. The van der Waals surface area contributed by atoms with Crippen molar-refractivity contribution >= 4 is 23.2 Å². The minimum Gasteiger partial charge on any atom is -0.493 e. The summed E-state index contributed by atoms with van der Waals surface area (Å²) in [7, 11) is 4.78. The average molecular weight is 452 g/mol. The number of rotatable bonds is 9. The summed E-state index contributed by atoms with van der Waals surface area (Å²) in [6.07, 6.45) is 0.949. The van der Waals surface area contributed by atoms with Gasteiger partial charge in [-0.25, -0.2) is 0 Å². The van der Waals surface area contributed by atoms with Crippen LogP contribution in [0.15, 0.2) is 12.1 Å². The third-order valence-corrected chi connectivity index (χ3v) is 5.87. The summed E-state index contributed by atoms with van der Waals surface area (Å²) in [4.78, 5) is 15.2. The number of nitrogens with one attached hydrogen (secondary N) is 2. The molecule has 7 nitrogen and oxygen atoms in total. The summed E-state index contributed by atoms with van der Waals surface area (Å²) in [6, 6.07) is 4.09. The Morgan fingerprint density at radius 1 is 1.10 bits per heavy atom. The van der Waals surface area contributed by atoms with Crippen molar-refractivity contribution in [2.75, 3.05) is 41.0 Å². The maximum Gasteiger partial charge on any atom is 0.225 e. The summed E-state index contributed by atoms with van der Waals surface area (Å²) < 4.78 is 16.5. The number of carbonyl (C=O) groups is 1. The second-order valence-corrected chi connectivity index (χ2v) is 9.04. The van der Waals surface area contributed by atoms with Gasteiger partial charge in [0.05, 0.1) is 27.2 Å². The van der Waals surface area contributed by atoms with Crippen molar-refractivity contribution in [1.82, 2.24) is 15.5 Å². The van der Waals surface area contributed by atoms with Crippen molar-refractivity contribution in [1.29, 1.82) is 0 Å². The topological polar surface area (TPSA) is 72.1 Å². The standard InChI is InChI=1S/C23H37N3O4S/c1-14(2)8-9-24-22(27)18-13-26(23(31)25-15(3)4)12-17(18)16-10-19(28-5)21(30-7)20(11-16)29-6/h10-11,14-15,17-18H,8-9,12-13H2,1-7H3,(H,24,27)(H,25,31)/t17-,18-/m0/s1. The molecule has 0 aliphatic carbocycles. The van der Waals surface area contributed by atoms with Crippen LogP contribution in [0.5, 0.6) is 17.2 Å². The van der Waals surface area contributed by atoms with Crippen LogP contribution >= 0.6 is 12.2 Å². The number of methoxy groups -OCH3 is 3. The van der Waals surface area contributed by atoms with E-state index in [-0.39, 0.29) is 23.8 Å². The summed E-state index contributed by atoms with van der Waals surface area (Å²) in [5.74, 6) is 2.00. The first kappa shape index (κ1) is 25.0. The van der Waals surface area contributed by atoms with Crippen LogP contribution in [0.25, 0.3) is 0 Å². The highest BCUT2D eigenvalue weighted by Crippen LogP contribution is 2.43. The molecular weight excluding hydrogens is 414 g/mol. The first-order valence-electron chi connectivity index (χ1n) is 10.8. The van der Waals surface area contributed by atoms with Gasteiger partial charge in [-0.1, -0.05) is 13.8 Å². The molecule has 8 heteroatoms. The molecule has 2 rings (SSSR count). The molecule has 0 unspecified atom stereocenters. The van der Waals surface area contributed by atoms with E-state index in [1.807, 2.05) is 12.1 Å². The van der Waals surface area contributed by atoms with Crippen LogP contribution < -0.4 is 24.8 Å².